The second kappa shape index (κ2) is 10.3. The van der Waals surface area contributed by atoms with Crippen LogP contribution in [0.15, 0.2) is 65.3 Å². The van der Waals surface area contributed by atoms with Crippen LogP contribution in [-0.2, 0) is 14.8 Å². The second-order valence-electron chi connectivity index (χ2n) is 9.10. The highest BCUT2D eigenvalue weighted by molar-refractivity contribution is 7.90. The van der Waals surface area contributed by atoms with Gasteiger partial charge in [-0.15, -0.1) is 4.40 Å². The summed E-state index contributed by atoms with van der Waals surface area (Å²) in [6, 6.07) is 13.5. The third kappa shape index (κ3) is 5.39. The molecule has 1 unspecified atom stereocenters. The number of sulfonamides is 1. The van der Waals surface area contributed by atoms with Gasteiger partial charge in [0.25, 0.3) is 10.0 Å². The van der Waals surface area contributed by atoms with Gasteiger partial charge in [0, 0.05) is 31.0 Å². The van der Waals surface area contributed by atoms with Crippen LogP contribution in [0.3, 0.4) is 0 Å². The number of methoxy groups -OCH3 is 1. The number of aliphatic hydroxyl groups is 1. The molecule has 0 radical (unpaired) electrons. The van der Waals surface area contributed by atoms with E-state index in [4.69, 9.17) is 9.47 Å². The van der Waals surface area contributed by atoms with Gasteiger partial charge < -0.3 is 14.6 Å². The maximum absolute atomic E-state index is 14.4. The van der Waals surface area contributed by atoms with Gasteiger partial charge in [0.2, 0.25) is 5.90 Å². The van der Waals surface area contributed by atoms with Gasteiger partial charge in [-0.2, -0.15) is 0 Å². The fraction of sp³-hybridized carbons (Fsp3) is 0.346. The highest BCUT2D eigenvalue weighted by atomic mass is 32.2. The average molecular weight is 514 g/mol. The summed E-state index contributed by atoms with van der Waals surface area (Å²) in [4.78, 5) is 8.20. The lowest BCUT2D eigenvalue weighted by Crippen LogP contribution is -2.43. The van der Waals surface area contributed by atoms with Crippen LogP contribution in [0.1, 0.15) is 49.0 Å². The van der Waals surface area contributed by atoms with E-state index >= 15 is 0 Å². The van der Waals surface area contributed by atoms with Gasteiger partial charge >= 0.3 is 6.01 Å². The zero-order valence-electron chi connectivity index (χ0n) is 20.3. The van der Waals surface area contributed by atoms with E-state index in [1.54, 1.807) is 68.7 Å². The number of ether oxygens (including phenoxy) is 2. The minimum Gasteiger partial charge on any atom is -0.472 e. The first-order valence-corrected chi connectivity index (χ1v) is 13.0. The Morgan fingerprint density at radius 3 is 2.33 bits per heavy atom. The van der Waals surface area contributed by atoms with Gasteiger partial charge in [-0.1, -0.05) is 42.5 Å². The largest absolute Gasteiger partial charge is 0.472 e. The summed E-state index contributed by atoms with van der Waals surface area (Å²) < 4.78 is 56.1. The van der Waals surface area contributed by atoms with Crippen LogP contribution in [0.5, 0.6) is 6.01 Å². The van der Waals surface area contributed by atoms with Gasteiger partial charge in [0.1, 0.15) is 16.7 Å². The third-order valence-corrected chi connectivity index (χ3v) is 8.03. The molecule has 0 fully saturated rings. The average Bonchev–Trinajstić information content (AvgIpc) is 2.83. The molecule has 190 valence electrons. The number of aromatic nitrogens is 2. The predicted molar refractivity (Wildman–Crippen MR) is 134 cm³/mol. The highest BCUT2D eigenvalue weighted by Crippen LogP contribution is 2.42. The summed E-state index contributed by atoms with van der Waals surface area (Å²) >= 11 is 0. The van der Waals surface area contributed by atoms with Crippen molar-refractivity contribution in [1.29, 1.82) is 0 Å². The maximum atomic E-state index is 14.4. The third-order valence-electron chi connectivity index (χ3n) is 6.14. The first-order valence-electron chi connectivity index (χ1n) is 11.5. The summed E-state index contributed by atoms with van der Waals surface area (Å²) in [6.45, 7) is 3.20. The molecule has 1 aliphatic heterocycles. The fourth-order valence-corrected chi connectivity index (χ4v) is 6.31. The Kier molecular flexibility index (Phi) is 7.37. The number of hydrogen-bond donors (Lipinski definition) is 1. The number of benzene rings is 2. The number of nitrogens with zero attached hydrogens (tertiary/aromatic N) is 3. The lowest BCUT2D eigenvalue weighted by Gasteiger charge is -2.38. The monoisotopic (exact) mass is 513 g/mol. The van der Waals surface area contributed by atoms with Crippen LogP contribution in [-0.4, -0.2) is 48.7 Å². The van der Waals surface area contributed by atoms with Crippen molar-refractivity contribution in [2.24, 2.45) is 4.40 Å². The minimum absolute atomic E-state index is 0.00459. The Morgan fingerprint density at radius 1 is 1.08 bits per heavy atom. The van der Waals surface area contributed by atoms with Crippen molar-refractivity contribution in [3.63, 3.8) is 0 Å². The van der Waals surface area contributed by atoms with Gasteiger partial charge in [-0.25, -0.2) is 22.8 Å². The molecule has 0 spiro atoms. The zero-order valence-corrected chi connectivity index (χ0v) is 21.1. The summed E-state index contributed by atoms with van der Waals surface area (Å²) in [6.07, 6.45) is 3.54. The summed E-state index contributed by atoms with van der Waals surface area (Å²) in [5.41, 5.74) is 1.34. The van der Waals surface area contributed by atoms with Crippen LogP contribution in [0.2, 0.25) is 0 Å². The molecule has 0 bridgehead atoms. The molecule has 1 aromatic heterocycles. The zero-order chi connectivity index (χ0) is 25.9. The van der Waals surface area contributed by atoms with Crippen molar-refractivity contribution in [3.8, 4) is 17.1 Å². The Labute approximate surface area is 209 Å². The van der Waals surface area contributed by atoms with E-state index in [9.17, 15) is 17.9 Å². The second-order valence-corrected chi connectivity index (χ2v) is 10.8. The first kappa shape index (κ1) is 25.7. The summed E-state index contributed by atoms with van der Waals surface area (Å²) in [5, 5.41) is 8.47. The molecule has 2 aromatic carbocycles. The Morgan fingerprint density at radius 2 is 1.75 bits per heavy atom. The van der Waals surface area contributed by atoms with Crippen LogP contribution in [0.25, 0.3) is 11.1 Å². The lowest BCUT2D eigenvalue weighted by molar-refractivity contribution is 0.0797. The number of halogens is 1. The molecule has 8 nitrogen and oxygen atoms in total. The van der Waals surface area contributed by atoms with Gasteiger partial charge in [0.15, 0.2) is 0 Å². The SMILES string of the molecule is COc1ncc(-c2ccc(C3C(C)(C)OC(C[C@@H](CCO)c4ccccc4F)=NS3(=O)=O)cc2)cn1. The minimum atomic E-state index is -4.01. The molecule has 1 aliphatic rings. The molecule has 0 aliphatic carbocycles. The van der Waals surface area contributed by atoms with Crippen molar-refractivity contribution in [1.82, 2.24) is 9.97 Å². The molecule has 0 saturated heterocycles. The van der Waals surface area contributed by atoms with E-state index in [2.05, 4.69) is 14.4 Å². The molecule has 1 N–H and O–H groups in total. The van der Waals surface area contributed by atoms with Crippen LogP contribution in [0.4, 0.5) is 4.39 Å². The van der Waals surface area contributed by atoms with E-state index < -0.39 is 32.6 Å². The van der Waals surface area contributed by atoms with Crippen LogP contribution in [0, 0.1) is 5.82 Å². The quantitative estimate of drug-likeness (QED) is 0.474. The van der Waals surface area contributed by atoms with Crippen molar-refractivity contribution in [3.05, 3.63) is 77.9 Å². The molecule has 10 heteroatoms. The summed E-state index contributed by atoms with van der Waals surface area (Å²) in [5.74, 6) is -0.900. The number of hydrogen-bond acceptors (Lipinski definition) is 7. The van der Waals surface area contributed by atoms with Crippen LogP contribution >= 0.6 is 0 Å². The predicted octanol–water partition coefficient (Wildman–Crippen LogP) is 4.43. The Hall–Kier alpha value is -3.37. The number of rotatable bonds is 8. The van der Waals surface area contributed by atoms with E-state index in [-0.39, 0.29) is 31.4 Å². The molecule has 0 saturated carbocycles. The molecular formula is C26H28FN3O5S. The molecule has 0 amide bonds. The van der Waals surface area contributed by atoms with Gasteiger partial charge in [0.05, 0.1) is 7.11 Å². The maximum Gasteiger partial charge on any atom is 0.316 e. The molecule has 3 aromatic rings. The Bertz CT molecular complexity index is 1340. The van der Waals surface area contributed by atoms with Crippen molar-refractivity contribution in [2.45, 2.75) is 43.5 Å². The lowest BCUT2D eigenvalue weighted by atomic mass is 9.91. The summed E-state index contributed by atoms with van der Waals surface area (Å²) in [7, 11) is -2.52. The standard InChI is InChI=1S/C26H28FN3O5S/c1-26(2)24(18-10-8-17(9-11-18)20-15-28-25(34-3)29-16-20)36(32,33)30-23(35-26)14-19(12-13-31)21-6-4-5-7-22(21)27/h4-11,15-16,19,24,31H,12-14H2,1-3H3/t19-,24?/m1/s1. The Balaban J connectivity index is 1.61. The number of aliphatic hydroxyl groups excluding tert-OH is 1. The van der Waals surface area contributed by atoms with E-state index in [0.29, 0.717) is 11.1 Å². The topological polar surface area (TPSA) is 111 Å². The van der Waals surface area contributed by atoms with Gasteiger partial charge in [-0.3, -0.25) is 0 Å². The molecular weight excluding hydrogens is 485 g/mol. The molecule has 4 rings (SSSR count). The van der Waals surface area contributed by atoms with Crippen molar-refractivity contribution in [2.75, 3.05) is 13.7 Å². The smallest absolute Gasteiger partial charge is 0.316 e. The molecule has 2 heterocycles. The molecule has 2 atom stereocenters. The first-order chi connectivity index (χ1) is 17.1. The fourth-order valence-electron chi connectivity index (χ4n) is 4.54. The van der Waals surface area contributed by atoms with Crippen LogP contribution < -0.4 is 4.74 Å². The highest BCUT2D eigenvalue weighted by Gasteiger charge is 2.47. The van der Waals surface area contributed by atoms with E-state index in [0.717, 1.165) is 11.1 Å². The van der Waals surface area contributed by atoms with Crippen molar-refractivity contribution < 1.29 is 27.4 Å². The van der Waals surface area contributed by atoms with Crippen molar-refractivity contribution >= 4 is 15.9 Å². The van der Waals surface area contributed by atoms with E-state index in [1.165, 1.54) is 13.2 Å². The van der Waals surface area contributed by atoms with Gasteiger partial charge in [-0.05, 0) is 48.9 Å². The normalized spacial score (nSPS) is 19.1. The molecule has 36 heavy (non-hydrogen) atoms. The van der Waals surface area contributed by atoms with E-state index in [1.807, 2.05) is 0 Å².